The van der Waals surface area contributed by atoms with Crippen molar-refractivity contribution in [3.05, 3.63) is 99.4 Å². The number of non-ortho nitro benzene ring substituents is 1. The van der Waals surface area contributed by atoms with E-state index in [2.05, 4.69) is 15.0 Å². The molecule has 1 saturated heterocycles. The number of pyridine rings is 1. The van der Waals surface area contributed by atoms with Crippen molar-refractivity contribution in [3.63, 3.8) is 0 Å². The number of carbonyl (C=O) groups is 2. The first-order chi connectivity index (χ1) is 16.3. The van der Waals surface area contributed by atoms with Gasteiger partial charge >= 0.3 is 5.91 Å². The van der Waals surface area contributed by atoms with E-state index in [1.807, 2.05) is 19.1 Å². The molecular weight excluding hydrogens is 438 g/mol. The topological polar surface area (TPSA) is 142 Å². The number of nitrogens with one attached hydrogen (secondary N) is 1. The molecule has 34 heavy (non-hydrogen) atoms. The molecule has 10 heteroatoms. The van der Waals surface area contributed by atoms with E-state index in [0.29, 0.717) is 16.6 Å². The number of aliphatic hydroxyl groups is 1. The Balaban J connectivity index is 1.72. The molecule has 0 spiro atoms. The Morgan fingerprint density at radius 3 is 2.62 bits per heavy atom. The van der Waals surface area contributed by atoms with Gasteiger partial charge in [0.25, 0.3) is 11.5 Å². The van der Waals surface area contributed by atoms with Crippen LogP contribution in [0.1, 0.15) is 22.7 Å². The Kier molecular flexibility index (Phi) is 4.90. The number of hydrogen-bond donors (Lipinski definition) is 2. The number of anilines is 1. The molecule has 1 aliphatic rings. The molecule has 2 N–H and O–H groups in total. The van der Waals surface area contributed by atoms with Crippen LogP contribution in [0.4, 0.5) is 11.6 Å². The molecule has 1 atom stereocenters. The number of ketones is 1. The van der Waals surface area contributed by atoms with Crippen molar-refractivity contribution in [2.24, 2.45) is 0 Å². The van der Waals surface area contributed by atoms with E-state index in [1.165, 1.54) is 35.5 Å². The zero-order valence-corrected chi connectivity index (χ0v) is 17.8. The van der Waals surface area contributed by atoms with Crippen LogP contribution in [0.25, 0.3) is 16.8 Å². The van der Waals surface area contributed by atoms with Crippen molar-refractivity contribution in [3.8, 4) is 0 Å². The molecule has 1 unspecified atom stereocenters. The summed E-state index contributed by atoms with van der Waals surface area (Å²) in [7, 11) is 0. The number of fused-ring (bicyclic) bond motifs is 1. The molecule has 5 rings (SSSR count). The van der Waals surface area contributed by atoms with E-state index in [1.54, 1.807) is 18.2 Å². The molecule has 2 aromatic carbocycles. The molecule has 1 fully saturated rings. The number of nitro benzene ring substituents is 1. The summed E-state index contributed by atoms with van der Waals surface area (Å²) in [5.41, 5.74) is 2.38. The average Bonchev–Trinajstić information content (AvgIpc) is 3.37. The van der Waals surface area contributed by atoms with E-state index < -0.39 is 28.4 Å². The third kappa shape index (κ3) is 3.37. The number of H-pyrrole nitrogens is 1. The maximum Gasteiger partial charge on any atom is 0.302 e. The molecule has 1 amide bonds. The number of benzene rings is 2. The Hall–Kier alpha value is -4.86. The zero-order valence-electron chi connectivity index (χ0n) is 17.8. The van der Waals surface area contributed by atoms with Crippen LogP contribution in [-0.4, -0.2) is 36.7 Å². The van der Waals surface area contributed by atoms with Gasteiger partial charge in [0.1, 0.15) is 5.76 Å². The number of aryl methyl sites for hydroxylation is 1. The summed E-state index contributed by atoms with van der Waals surface area (Å²) in [5.74, 6) is -2.19. The standard InChI is InChI=1S/C24H17N5O5/c1-13-5-6-17-18(11-13)27-24(26-17)28-20(14-7-9-25-10-8-14)19(22(31)23(28)32)21(30)15-3-2-4-16(12-15)29(33)34/h2-12,20,30H,1H3,(H,26,27)/b21-19+. The predicted molar refractivity (Wildman–Crippen MR) is 123 cm³/mol. The van der Waals surface area contributed by atoms with Crippen molar-refractivity contribution in [1.29, 1.82) is 0 Å². The number of Topliss-reactive ketones (excluding diaryl/α,β-unsaturated/α-hetero) is 1. The molecule has 0 saturated carbocycles. The molecule has 1 aliphatic heterocycles. The SMILES string of the molecule is Cc1ccc2nc(N3C(=O)C(=O)/C(=C(/O)c4cccc([N+](=O)[O-])c4)C3c3ccncc3)[nH]c2c1. The summed E-state index contributed by atoms with van der Waals surface area (Å²) in [4.78, 5) is 49.7. The van der Waals surface area contributed by atoms with Gasteiger partial charge in [0.2, 0.25) is 5.95 Å². The van der Waals surface area contributed by atoms with Crippen LogP contribution in [0.3, 0.4) is 0 Å². The second-order valence-electron chi connectivity index (χ2n) is 7.84. The first-order valence-electron chi connectivity index (χ1n) is 10.3. The number of rotatable bonds is 4. The van der Waals surface area contributed by atoms with Crippen LogP contribution < -0.4 is 4.90 Å². The van der Waals surface area contributed by atoms with Crippen LogP contribution in [0, 0.1) is 17.0 Å². The molecule has 0 bridgehead atoms. The lowest BCUT2D eigenvalue weighted by Crippen LogP contribution is -2.30. The van der Waals surface area contributed by atoms with Gasteiger partial charge in [-0.15, -0.1) is 0 Å². The average molecular weight is 455 g/mol. The van der Waals surface area contributed by atoms with Gasteiger partial charge in [0, 0.05) is 30.1 Å². The Morgan fingerprint density at radius 1 is 1.12 bits per heavy atom. The van der Waals surface area contributed by atoms with Gasteiger partial charge in [0.05, 0.1) is 27.6 Å². The van der Waals surface area contributed by atoms with Crippen molar-refractivity contribution in [2.45, 2.75) is 13.0 Å². The third-order valence-corrected chi connectivity index (χ3v) is 5.65. The molecule has 0 aliphatic carbocycles. The van der Waals surface area contributed by atoms with Crippen molar-refractivity contribution >= 4 is 40.1 Å². The van der Waals surface area contributed by atoms with Gasteiger partial charge in [0.15, 0.2) is 0 Å². The van der Waals surface area contributed by atoms with E-state index in [-0.39, 0.29) is 22.8 Å². The normalized spacial score (nSPS) is 17.4. The van der Waals surface area contributed by atoms with E-state index >= 15 is 0 Å². The van der Waals surface area contributed by atoms with Crippen LogP contribution in [0.2, 0.25) is 0 Å². The summed E-state index contributed by atoms with van der Waals surface area (Å²) in [6.45, 7) is 1.92. The molecule has 2 aromatic heterocycles. The number of aromatic amines is 1. The summed E-state index contributed by atoms with van der Waals surface area (Å²) in [5, 5.41) is 22.3. The lowest BCUT2D eigenvalue weighted by atomic mass is 9.96. The highest BCUT2D eigenvalue weighted by Crippen LogP contribution is 2.41. The molecule has 4 aromatic rings. The first kappa shape index (κ1) is 21.0. The number of aliphatic hydroxyl groups excluding tert-OH is 1. The van der Waals surface area contributed by atoms with Crippen LogP contribution in [0.15, 0.2) is 72.6 Å². The van der Waals surface area contributed by atoms with Gasteiger partial charge in [-0.3, -0.25) is 29.6 Å². The number of hydrogen-bond acceptors (Lipinski definition) is 7. The quantitative estimate of drug-likeness (QED) is 0.157. The summed E-state index contributed by atoms with van der Waals surface area (Å²) in [6.07, 6.45) is 3.01. The number of amides is 1. The molecular formula is C24H17N5O5. The lowest BCUT2D eigenvalue weighted by Gasteiger charge is -2.22. The van der Waals surface area contributed by atoms with Crippen molar-refractivity contribution in [1.82, 2.24) is 15.0 Å². The van der Waals surface area contributed by atoms with Gasteiger partial charge < -0.3 is 10.1 Å². The van der Waals surface area contributed by atoms with E-state index in [0.717, 1.165) is 11.6 Å². The predicted octanol–water partition coefficient (Wildman–Crippen LogP) is 3.80. The lowest BCUT2D eigenvalue weighted by molar-refractivity contribution is -0.384. The summed E-state index contributed by atoms with van der Waals surface area (Å²) >= 11 is 0. The van der Waals surface area contributed by atoms with Gasteiger partial charge in [-0.25, -0.2) is 4.98 Å². The second kappa shape index (κ2) is 7.93. The first-order valence-corrected chi connectivity index (χ1v) is 10.3. The maximum atomic E-state index is 13.2. The minimum absolute atomic E-state index is 0.0477. The third-order valence-electron chi connectivity index (χ3n) is 5.65. The smallest absolute Gasteiger partial charge is 0.302 e. The fourth-order valence-corrected chi connectivity index (χ4v) is 4.06. The number of nitrogens with zero attached hydrogens (tertiary/aromatic N) is 4. The molecule has 0 radical (unpaired) electrons. The van der Waals surface area contributed by atoms with Crippen LogP contribution in [-0.2, 0) is 9.59 Å². The fraction of sp³-hybridized carbons (Fsp3) is 0.0833. The monoisotopic (exact) mass is 455 g/mol. The number of nitro groups is 1. The maximum absolute atomic E-state index is 13.2. The Bertz CT molecular complexity index is 1510. The highest BCUT2D eigenvalue weighted by molar-refractivity contribution is 6.51. The van der Waals surface area contributed by atoms with Gasteiger partial charge in [-0.1, -0.05) is 18.2 Å². The highest BCUT2D eigenvalue weighted by Gasteiger charge is 2.48. The minimum Gasteiger partial charge on any atom is -0.507 e. The number of aromatic nitrogens is 3. The molecule has 3 heterocycles. The van der Waals surface area contributed by atoms with Crippen LogP contribution >= 0.6 is 0 Å². The Labute approximate surface area is 192 Å². The summed E-state index contributed by atoms with van der Waals surface area (Å²) in [6, 6.07) is 13.0. The van der Waals surface area contributed by atoms with Crippen LogP contribution in [0.5, 0.6) is 0 Å². The van der Waals surface area contributed by atoms with Crippen molar-refractivity contribution < 1.29 is 19.6 Å². The molecule has 168 valence electrons. The fourth-order valence-electron chi connectivity index (χ4n) is 4.06. The van der Waals surface area contributed by atoms with Gasteiger partial charge in [-0.2, -0.15) is 0 Å². The zero-order chi connectivity index (χ0) is 24.0. The Morgan fingerprint density at radius 2 is 1.88 bits per heavy atom. The van der Waals surface area contributed by atoms with E-state index in [4.69, 9.17) is 0 Å². The van der Waals surface area contributed by atoms with Gasteiger partial charge in [-0.05, 0) is 42.3 Å². The number of carbonyl (C=O) groups excluding carboxylic acids is 2. The number of imidazole rings is 1. The highest BCUT2D eigenvalue weighted by atomic mass is 16.6. The van der Waals surface area contributed by atoms with E-state index in [9.17, 15) is 24.8 Å². The van der Waals surface area contributed by atoms with Crippen molar-refractivity contribution in [2.75, 3.05) is 4.90 Å². The minimum atomic E-state index is -1.02. The summed E-state index contributed by atoms with van der Waals surface area (Å²) < 4.78 is 0. The second-order valence-corrected chi connectivity index (χ2v) is 7.84. The largest absolute Gasteiger partial charge is 0.507 e. The molecule has 10 nitrogen and oxygen atoms in total.